The topological polar surface area (TPSA) is 179 Å². The molecule has 6 saturated carbocycles. The zero-order valence-corrected chi connectivity index (χ0v) is 42.4. The molecule has 70 heavy (non-hydrogen) atoms. The molecule has 6 aromatic heterocycles. The predicted octanol–water partition coefficient (Wildman–Crippen LogP) is 6.43. The molecule has 8 heterocycles. The first-order valence-electron chi connectivity index (χ1n) is 27.2. The maximum atomic E-state index is 12.6. The molecule has 3 N–H and O–H groups in total. The molecule has 6 fully saturated rings. The first-order valence-corrected chi connectivity index (χ1v) is 25.7. The van der Waals surface area contributed by atoms with Gasteiger partial charge in [-0.2, -0.15) is 20.4 Å². The number of pyridine rings is 2. The van der Waals surface area contributed by atoms with Crippen molar-refractivity contribution < 1.29 is 13.7 Å². The van der Waals surface area contributed by atoms with Crippen molar-refractivity contribution in [3.05, 3.63) is 69.8 Å². The number of anilines is 2. The maximum Gasteiger partial charge on any atom is 0.240 e. The number of nitrogens with two attached hydrogens (primary N) is 1. The molecule has 17 nitrogen and oxygen atoms in total. The summed E-state index contributed by atoms with van der Waals surface area (Å²) in [5.74, 6) is -0.132. The van der Waals surface area contributed by atoms with Crippen LogP contribution >= 0.6 is 0 Å². The van der Waals surface area contributed by atoms with Crippen LogP contribution in [0.1, 0.15) is 133 Å². The Labute approximate surface area is 415 Å². The molecule has 6 aromatic rings. The summed E-state index contributed by atoms with van der Waals surface area (Å²) < 4.78 is 30.9. The quantitative estimate of drug-likeness (QED) is 0.163. The van der Waals surface area contributed by atoms with Crippen molar-refractivity contribution in [3.8, 4) is 0 Å². The van der Waals surface area contributed by atoms with E-state index in [0.29, 0.717) is 11.1 Å². The summed E-state index contributed by atoms with van der Waals surface area (Å²) in [6.07, 6.45) is 18.8. The van der Waals surface area contributed by atoms with Crippen molar-refractivity contribution in [3.63, 3.8) is 0 Å². The number of likely N-dealkylation sites (N-methyl/N-ethyl adjacent to an activating group) is 1. The number of nitrogens with one attached hydrogen (secondary N) is 1. The van der Waals surface area contributed by atoms with Crippen LogP contribution in [0.15, 0.2) is 24.5 Å². The number of hydrogen-bond acceptors (Lipinski definition) is 11. The van der Waals surface area contributed by atoms with Crippen LogP contribution in [0.3, 0.4) is 0 Å². The predicted molar refractivity (Wildman–Crippen MR) is 271 cm³/mol. The number of fused-ring (bicyclic) bond motifs is 10. The number of rotatable bonds is 9. The highest BCUT2D eigenvalue weighted by Gasteiger charge is 2.50. The molecule has 6 aliphatic carbocycles. The normalized spacial score (nSPS) is 26.6. The molecule has 14 rings (SSSR count). The van der Waals surface area contributed by atoms with Crippen LogP contribution in [0.2, 0.25) is 0 Å². The zero-order chi connectivity index (χ0) is 51.4. The third-order valence-corrected chi connectivity index (χ3v) is 18.0. The molecule has 0 atom stereocenters. The molecule has 0 saturated heterocycles. The van der Waals surface area contributed by atoms with Crippen molar-refractivity contribution in [2.24, 2.45) is 30.6 Å². The van der Waals surface area contributed by atoms with Gasteiger partial charge in [0.2, 0.25) is 11.8 Å². The van der Waals surface area contributed by atoms with Gasteiger partial charge in [-0.25, -0.2) is 9.97 Å². The van der Waals surface area contributed by atoms with Crippen LogP contribution in [0.4, 0.5) is 11.4 Å². The second-order valence-corrected chi connectivity index (χ2v) is 22.6. The van der Waals surface area contributed by atoms with Gasteiger partial charge in [-0.15, -0.1) is 0 Å². The summed E-state index contributed by atoms with van der Waals surface area (Å²) in [6.45, 7) is 12.9. The monoisotopic (exact) mass is 955 g/mol. The zero-order valence-electron chi connectivity index (χ0n) is 45.4. The van der Waals surface area contributed by atoms with Crippen molar-refractivity contribution in [2.75, 3.05) is 36.5 Å². The van der Waals surface area contributed by atoms with Gasteiger partial charge in [0, 0.05) is 129 Å². The third-order valence-electron chi connectivity index (χ3n) is 18.0. The van der Waals surface area contributed by atoms with Crippen molar-refractivity contribution in [1.82, 2.24) is 59.3 Å². The standard InChI is InChI=1S/C29H40N8O2.C24H33N7/c1-19-14-25(22-15-30-35(5)27(22)31-19)36-13-6-24-23(16-36)20(2)33-37(24)18-28-7-10-29(11-8-28,12-9-28)32-26(39)17-34(4)21(3)38;1-16-12-21(18-13-26-29(3)22(18)27-16)30-11-4-20-19(14-30)17(2)28-31(20)15-23-5-8-24(25,9-6-23)10-7-23/h14-15H,6-13,16-18H2,1-5H3,(H,32,39);12-13H,4-11,14-15,25H2,1-3H3/i;3D3. The van der Waals surface area contributed by atoms with E-state index in [2.05, 4.69) is 59.6 Å². The molecule has 0 aromatic carbocycles. The number of nitrogens with zero attached hydrogens (tertiary/aromatic N) is 13. The van der Waals surface area contributed by atoms with Gasteiger partial charge in [-0.3, -0.25) is 28.3 Å². The highest BCUT2D eigenvalue weighted by molar-refractivity contribution is 5.91. The van der Waals surface area contributed by atoms with E-state index in [4.69, 9.17) is 25.0 Å². The third kappa shape index (κ3) is 8.32. The lowest BCUT2D eigenvalue weighted by molar-refractivity contribution is -0.135. The second-order valence-electron chi connectivity index (χ2n) is 22.6. The Morgan fingerprint density at radius 1 is 0.714 bits per heavy atom. The van der Waals surface area contributed by atoms with Crippen LogP contribution < -0.4 is 20.9 Å². The molecule has 4 bridgehead atoms. The SMILES string of the molecule is CC(=O)N(C)CC(=O)NC12CCC(Cn3nc(C)c4c3CCN(c3cc(C)nc5c3cnn5C)C4)(CC1)CC2.[2H]C([2H])([2H])n1ncc2c(N3CCc4c(c(C)nn4CC45CCC(N)(CC4)CC5)C3)cc(C)nc21. The van der Waals surface area contributed by atoms with Gasteiger partial charge in [-0.05, 0) is 128 Å². The highest BCUT2D eigenvalue weighted by atomic mass is 16.2. The van der Waals surface area contributed by atoms with Crippen LogP contribution in [0.25, 0.3) is 22.1 Å². The molecule has 17 heteroatoms. The highest BCUT2D eigenvalue weighted by Crippen LogP contribution is 2.54. The van der Waals surface area contributed by atoms with Crippen LogP contribution in [0.5, 0.6) is 0 Å². The summed E-state index contributed by atoms with van der Waals surface area (Å²) in [7, 11) is 3.62. The van der Waals surface area contributed by atoms with Crippen molar-refractivity contribution >= 4 is 45.3 Å². The molecule has 372 valence electrons. The Morgan fingerprint density at radius 2 is 1.17 bits per heavy atom. The van der Waals surface area contributed by atoms with E-state index in [1.165, 1.54) is 59.3 Å². The van der Waals surface area contributed by atoms with E-state index < -0.39 is 6.98 Å². The molecule has 0 radical (unpaired) electrons. The van der Waals surface area contributed by atoms with Gasteiger partial charge in [0.05, 0.1) is 52.5 Å². The Kier molecular flexibility index (Phi) is 10.6. The molecule has 0 unspecified atom stereocenters. The fraction of sp³-hybridized carbons (Fsp3) is 0.623. The van der Waals surface area contributed by atoms with Crippen LogP contribution in [0, 0.1) is 38.5 Å². The minimum atomic E-state index is -2.35. The van der Waals surface area contributed by atoms with Gasteiger partial charge >= 0.3 is 0 Å². The average molecular weight is 955 g/mol. The molecule has 0 spiro atoms. The van der Waals surface area contributed by atoms with Gasteiger partial charge in [0.15, 0.2) is 11.3 Å². The number of amides is 2. The number of carbonyl (C=O) groups excluding carboxylic acids is 2. The second kappa shape index (κ2) is 17.2. The lowest BCUT2D eigenvalue weighted by Gasteiger charge is -2.53. The summed E-state index contributed by atoms with van der Waals surface area (Å²) in [5, 5.41) is 23.9. The van der Waals surface area contributed by atoms with Crippen molar-refractivity contribution in [1.29, 1.82) is 0 Å². The Bertz CT molecular complexity index is 3090. The van der Waals surface area contributed by atoms with E-state index in [1.54, 1.807) is 13.2 Å². The van der Waals surface area contributed by atoms with E-state index in [9.17, 15) is 9.59 Å². The molecule has 2 aliphatic heterocycles. The first-order chi connectivity index (χ1) is 34.6. The smallest absolute Gasteiger partial charge is 0.240 e. The summed E-state index contributed by atoms with van der Waals surface area (Å²) >= 11 is 0. The van der Waals surface area contributed by atoms with Gasteiger partial charge in [0.1, 0.15) is 0 Å². The van der Waals surface area contributed by atoms with Crippen molar-refractivity contribution in [2.45, 2.75) is 162 Å². The minimum absolute atomic E-state index is 0.0450. The Balaban J connectivity index is 0.000000159. The largest absolute Gasteiger partial charge is 0.366 e. The van der Waals surface area contributed by atoms with E-state index in [-0.39, 0.29) is 34.9 Å². The fourth-order valence-electron chi connectivity index (χ4n) is 13.4. The Morgan fingerprint density at radius 3 is 1.64 bits per heavy atom. The van der Waals surface area contributed by atoms with Gasteiger partial charge in [0.25, 0.3) is 0 Å². The summed E-state index contributed by atoms with van der Waals surface area (Å²) in [5.41, 5.74) is 20.1. The molecule has 2 amide bonds. The van der Waals surface area contributed by atoms with E-state index in [1.807, 2.05) is 37.8 Å². The number of hydrogen-bond donors (Lipinski definition) is 2. The first kappa shape index (κ1) is 43.0. The lowest BCUT2D eigenvalue weighted by atomic mass is 9.57. The summed E-state index contributed by atoms with van der Waals surface area (Å²) in [6, 6.07) is 4.22. The van der Waals surface area contributed by atoms with Gasteiger partial charge in [-0.1, -0.05) is 0 Å². The minimum Gasteiger partial charge on any atom is -0.366 e. The maximum absolute atomic E-state index is 12.6. The summed E-state index contributed by atoms with van der Waals surface area (Å²) in [4.78, 5) is 39.6. The number of aryl methyl sites for hydroxylation is 6. The average Bonchev–Trinajstić information content (AvgIpc) is 4.12. The van der Waals surface area contributed by atoms with Gasteiger partial charge < -0.3 is 25.8 Å². The molecular formula is C53H73N15O2. The van der Waals surface area contributed by atoms with Crippen LogP contribution in [-0.2, 0) is 62.6 Å². The van der Waals surface area contributed by atoms with Crippen LogP contribution in [-0.4, -0.2) is 104 Å². The fourth-order valence-corrected chi connectivity index (χ4v) is 13.4. The number of aromatic nitrogens is 10. The Hall–Kier alpha value is -5.84. The molecule has 8 aliphatic rings. The van der Waals surface area contributed by atoms with E-state index in [0.717, 1.165) is 159 Å². The number of carbonyl (C=O) groups is 2. The lowest BCUT2D eigenvalue weighted by Crippen LogP contribution is -2.58. The molecular weight excluding hydrogens is 879 g/mol. The van der Waals surface area contributed by atoms with E-state index >= 15 is 0 Å².